The van der Waals surface area contributed by atoms with E-state index in [1.54, 1.807) is 6.20 Å². The number of hydrogen-bond donors (Lipinski definition) is 1. The van der Waals surface area contributed by atoms with Gasteiger partial charge in [-0.05, 0) is 58.8 Å². The molecule has 0 unspecified atom stereocenters. The van der Waals surface area contributed by atoms with E-state index >= 15 is 0 Å². The van der Waals surface area contributed by atoms with Gasteiger partial charge >= 0.3 is 0 Å². The summed E-state index contributed by atoms with van der Waals surface area (Å²) < 4.78 is 3.14. The number of aryl methyl sites for hydroxylation is 2. The van der Waals surface area contributed by atoms with E-state index < -0.39 is 0 Å². The first-order chi connectivity index (χ1) is 13.1. The fourth-order valence-corrected chi connectivity index (χ4v) is 5.07. The van der Waals surface area contributed by atoms with E-state index in [0.717, 1.165) is 31.3 Å². The highest BCUT2D eigenvalue weighted by Crippen LogP contribution is 2.33. The average molecular weight is 509 g/mol. The molecule has 3 heterocycles. The Bertz CT molecular complexity index is 1080. The number of halogens is 2. The molecule has 0 atom stereocenters. The summed E-state index contributed by atoms with van der Waals surface area (Å²) in [6.07, 6.45) is 5.92. The summed E-state index contributed by atoms with van der Waals surface area (Å²) in [4.78, 5) is 18.4. The Balaban J connectivity index is 1.73. The average Bonchev–Trinajstić information content (AvgIpc) is 2.98. The smallest absolute Gasteiger partial charge is 0.175 e. The number of nitrogens with two attached hydrogens (primary N) is 1. The van der Waals surface area contributed by atoms with Crippen LogP contribution in [0.3, 0.4) is 0 Å². The Morgan fingerprint density at radius 1 is 1.22 bits per heavy atom. The number of pyridine rings is 1. The van der Waals surface area contributed by atoms with Crippen LogP contribution in [0.1, 0.15) is 5.56 Å². The maximum Gasteiger partial charge on any atom is 0.175 e. The van der Waals surface area contributed by atoms with Crippen LogP contribution < -0.4 is 5.73 Å². The molecular weight excluding hydrogens is 495 g/mol. The van der Waals surface area contributed by atoms with Crippen LogP contribution in [-0.2, 0) is 13.0 Å². The fraction of sp³-hybridized carbons (Fsp3) is 0.111. The molecule has 27 heavy (non-hydrogen) atoms. The van der Waals surface area contributed by atoms with Crippen LogP contribution in [0.2, 0.25) is 5.02 Å². The largest absolute Gasteiger partial charge is 0.382 e. The van der Waals surface area contributed by atoms with Crippen molar-refractivity contribution in [3.05, 3.63) is 63.2 Å². The van der Waals surface area contributed by atoms with Crippen LogP contribution in [-0.4, -0.2) is 24.5 Å². The van der Waals surface area contributed by atoms with Crippen molar-refractivity contribution < 1.29 is 0 Å². The molecule has 0 amide bonds. The van der Waals surface area contributed by atoms with Crippen LogP contribution >= 0.6 is 46.0 Å². The van der Waals surface area contributed by atoms with Crippen molar-refractivity contribution in [3.63, 3.8) is 0 Å². The van der Waals surface area contributed by atoms with Gasteiger partial charge in [-0.25, -0.2) is 15.0 Å². The van der Waals surface area contributed by atoms with Crippen molar-refractivity contribution in [2.75, 3.05) is 5.73 Å². The number of imidazole rings is 1. The van der Waals surface area contributed by atoms with Crippen LogP contribution in [0.15, 0.2) is 59.1 Å². The standard InChI is InChI=1S/C18H14ClIN6S/c19-12-6-13(20)8-14(7-12)27-18-25-15-16(21)23-10-24-17(15)26(18)5-3-11-2-1-4-22-9-11/h1-2,4,6-10H,3,5H2,(H2,21,23,24). The molecule has 3 aromatic heterocycles. The van der Waals surface area contributed by atoms with Gasteiger partial charge in [-0.1, -0.05) is 29.4 Å². The van der Waals surface area contributed by atoms with Crippen molar-refractivity contribution in [1.82, 2.24) is 24.5 Å². The molecule has 0 bridgehead atoms. The Labute approximate surface area is 178 Å². The van der Waals surface area contributed by atoms with Crippen LogP contribution in [0.5, 0.6) is 0 Å². The highest BCUT2D eigenvalue weighted by atomic mass is 127. The van der Waals surface area contributed by atoms with Crippen molar-refractivity contribution in [2.45, 2.75) is 23.0 Å². The number of anilines is 1. The number of fused-ring (bicyclic) bond motifs is 1. The predicted molar refractivity (Wildman–Crippen MR) is 116 cm³/mol. The zero-order valence-electron chi connectivity index (χ0n) is 14.0. The maximum absolute atomic E-state index is 6.21. The first kappa shape index (κ1) is 18.5. The molecule has 9 heteroatoms. The molecule has 1 aromatic carbocycles. The molecule has 0 fully saturated rings. The highest BCUT2D eigenvalue weighted by Gasteiger charge is 2.16. The van der Waals surface area contributed by atoms with Crippen LogP contribution in [0.4, 0.5) is 5.82 Å². The lowest BCUT2D eigenvalue weighted by Gasteiger charge is -2.09. The summed E-state index contributed by atoms with van der Waals surface area (Å²) in [6.45, 7) is 0.707. The SMILES string of the molecule is Nc1ncnc2c1nc(Sc1cc(Cl)cc(I)c1)n2CCc1cccnc1. The van der Waals surface area contributed by atoms with E-state index in [9.17, 15) is 0 Å². The quantitative estimate of drug-likeness (QED) is 0.401. The molecule has 0 saturated carbocycles. The second-order valence-electron chi connectivity index (χ2n) is 5.80. The van der Waals surface area contributed by atoms with Gasteiger partial charge in [0, 0.05) is 32.4 Å². The molecule has 2 N–H and O–H groups in total. The van der Waals surface area contributed by atoms with Crippen LogP contribution in [0.25, 0.3) is 11.2 Å². The normalized spacial score (nSPS) is 11.2. The topological polar surface area (TPSA) is 82.5 Å². The monoisotopic (exact) mass is 508 g/mol. The van der Waals surface area contributed by atoms with Gasteiger partial charge < -0.3 is 10.3 Å². The molecule has 4 rings (SSSR count). The molecule has 0 aliphatic carbocycles. The summed E-state index contributed by atoms with van der Waals surface area (Å²) in [5.74, 6) is 0.377. The second kappa shape index (κ2) is 7.99. The predicted octanol–water partition coefficient (Wildman–Crippen LogP) is 4.46. The number of hydrogen-bond acceptors (Lipinski definition) is 6. The van der Waals surface area contributed by atoms with Gasteiger partial charge in [-0.15, -0.1) is 0 Å². The Morgan fingerprint density at radius 3 is 2.89 bits per heavy atom. The Morgan fingerprint density at radius 2 is 2.11 bits per heavy atom. The van der Waals surface area contributed by atoms with E-state index in [1.165, 1.54) is 18.1 Å². The minimum atomic E-state index is 0.377. The lowest BCUT2D eigenvalue weighted by Crippen LogP contribution is -2.04. The van der Waals surface area contributed by atoms with E-state index in [2.05, 4.69) is 54.2 Å². The van der Waals surface area contributed by atoms with Gasteiger partial charge in [-0.2, -0.15) is 0 Å². The van der Waals surface area contributed by atoms with E-state index in [4.69, 9.17) is 22.3 Å². The molecule has 136 valence electrons. The summed E-state index contributed by atoms with van der Waals surface area (Å²) in [6, 6.07) is 9.90. The molecule has 0 aliphatic rings. The zero-order chi connectivity index (χ0) is 18.8. The molecule has 0 aliphatic heterocycles. The van der Waals surface area contributed by atoms with Crippen LogP contribution in [0, 0.1) is 3.57 Å². The van der Waals surface area contributed by atoms with Gasteiger partial charge in [-0.3, -0.25) is 4.98 Å². The molecular formula is C18H14ClIN6S. The van der Waals surface area contributed by atoms with Crippen molar-refractivity contribution >= 4 is 62.9 Å². The number of benzene rings is 1. The van der Waals surface area contributed by atoms with Crippen molar-refractivity contribution in [3.8, 4) is 0 Å². The summed E-state index contributed by atoms with van der Waals surface area (Å²) in [5.41, 5.74) is 8.51. The zero-order valence-corrected chi connectivity index (χ0v) is 17.7. The minimum Gasteiger partial charge on any atom is -0.382 e. The molecule has 4 aromatic rings. The van der Waals surface area contributed by atoms with Gasteiger partial charge in [0.25, 0.3) is 0 Å². The van der Waals surface area contributed by atoms with Gasteiger partial charge in [0.2, 0.25) is 0 Å². The molecule has 0 spiro atoms. The number of rotatable bonds is 5. The fourth-order valence-electron chi connectivity index (χ4n) is 2.69. The van der Waals surface area contributed by atoms with Gasteiger partial charge in [0.05, 0.1) is 0 Å². The van der Waals surface area contributed by atoms with E-state index in [-0.39, 0.29) is 0 Å². The Kier molecular flexibility index (Phi) is 5.46. The van der Waals surface area contributed by atoms with E-state index in [1.807, 2.05) is 24.4 Å². The lowest BCUT2D eigenvalue weighted by atomic mass is 10.2. The summed E-state index contributed by atoms with van der Waals surface area (Å²) >= 11 is 9.99. The van der Waals surface area contributed by atoms with Gasteiger partial charge in [0.1, 0.15) is 6.33 Å². The summed E-state index contributed by atoms with van der Waals surface area (Å²) in [5, 5.41) is 1.50. The highest BCUT2D eigenvalue weighted by molar-refractivity contribution is 14.1. The third-order valence-electron chi connectivity index (χ3n) is 3.92. The molecule has 6 nitrogen and oxygen atoms in total. The van der Waals surface area contributed by atoms with Crippen molar-refractivity contribution in [2.24, 2.45) is 0 Å². The first-order valence-corrected chi connectivity index (χ1v) is 10.4. The second-order valence-corrected chi connectivity index (χ2v) is 8.52. The number of nitrogens with zero attached hydrogens (tertiary/aromatic N) is 5. The third-order valence-corrected chi connectivity index (χ3v) is 5.72. The maximum atomic E-state index is 6.21. The molecule has 0 radical (unpaired) electrons. The molecule has 0 saturated heterocycles. The number of aromatic nitrogens is 5. The first-order valence-electron chi connectivity index (χ1n) is 8.10. The summed E-state index contributed by atoms with van der Waals surface area (Å²) in [7, 11) is 0. The van der Waals surface area contributed by atoms with E-state index in [0.29, 0.717) is 22.9 Å². The Hall–Kier alpha value is -1.91. The lowest BCUT2D eigenvalue weighted by molar-refractivity contribution is 0.646. The third kappa shape index (κ3) is 4.17. The van der Waals surface area contributed by atoms with Gasteiger partial charge in [0.15, 0.2) is 22.1 Å². The number of nitrogen functional groups attached to an aromatic ring is 1. The van der Waals surface area contributed by atoms with Crippen molar-refractivity contribution in [1.29, 1.82) is 0 Å². The minimum absolute atomic E-state index is 0.377.